The molecule has 0 N–H and O–H groups in total. The molecule has 1 atom stereocenters. The van der Waals surface area contributed by atoms with E-state index >= 15 is 0 Å². The van der Waals surface area contributed by atoms with Crippen LogP contribution < -0.4 is 0 Å². The summed E-state index contributed by atoms with van der Waals surface area (Å²) in [7, 11) is -1.64. The van der Waals surface area contributed by atoms with Gasteiger partial charge in [0.15, 0.2) is 8.32 Å². The molecule has 0 aromatic heterocycles. The van der Waals surface area contributed by atoms with E-state index in [0.717, 1.165) is 35.4 Å². The maximum Gasteiger partial charge on any atom is 0.305 e. The number of halogens is 1. The zero-order chi connectivity index (χ0) is 23.9. The fourth-order valence-electron chi connectivity index (χ4n) is 4.06. The minimum Gasteiger partial charge on any atom is -0.463 e. The number of esters is 1. The highest BCUT2D eigenvalue weighted by atomic mass is 127. The molecule has 0 aromatic rings. The minimum absolute atomic E-state index is 0.0557. The van der Waals surface area contributed by atoms with Gasteiger partial charge in [0, 0.05) is 10.8 Å². The highest BCUT2D eigenvalue weighted by Gasteiger charge is 2.32. The van der Waals surface area contributed by atoms with E-state index in [0.29, 0.717) is 13.0 Å². The maximum atomic E-state index is 12.1. The average molecular weight is 581 g/mol. The molecule has 0 aliphatic heterocycles. The minimum atomic E-state index is -1.64. The lowest BCUT2D eigenvalue weighted by Gasteiger charge is -2.32. The molecule has 3 nitrogen and oxygen atoms in total. The highest BCUT2D eigenvalue weighted by Crippen LogP contribution is 2.24. The van der Waals surface area contributed by atoms with Crippen LogP contribution in [-0.2, 0) is 14.0 Å². The van der Waals surface area contributed by atoms with Crippen LogP contribution in [0, 0.1) is 0 Å². The van der Waals surface area contributed by atoms with E-state index in [1.807, 2.05) is 0 Å². The Hall–Kier alpha value is 0.117. The Bertz CT molecular complexity index is 444. The largest absolute Gasteiger partial charge is 0.463 e. The van der Waals surface area contributed by atoms with Gasteiger partial charge in [-0.2, -0.15) is 0 Å². The molecule has 0 heterocycles. The van der Waals surface area contributed by atoms with Gasteiger partial charge in [-0.05, 0) is 50.2 Å². The van der Waals surface area contributed by atoms with E-state index in [-0.39, 0.29) is 12.1 Å². The quantitative estimate of drug-likeness (QED) is 0.0302. The van der Waals surface area contributed by atoms with Crippen molar-refractivity contribution in [1.82, 2.24) is 0 Å². The lowest BCUT2D eigenvalue weighted by molar-refractivity contribution is -0.146. The van der Waals surface area contributed by atoms with Crippen LogP contribution in [-0.4, -0.2) is 31.4 Å². The van der Waals surface area contributed by atoms with Crippen molar-refractivity contribution in [3.63, 3.8) is 0 Å². The van der Waals surface area contributed by atoms with E-state index in [4.69, 9.17) is 9.16 Å². The first kappa shape index (κ1) is 32.1. The van der Waals surface area contributed by atoms with Crippen LogP contribution in [0.4, 0.5) is 0 Å². The normalized spacial score (nSPS) is 13.0. The second-order valence-corrected chi connectivity index (χ2v) is 14.8. The van der Waals surface area contributed by atoms with Crippen molar-refractivity contribution in [2.45, 2.75) is 142 Å². The third kappa shape index (κ3) is 17.6. The average Bonchev–Trinajstić information content (AvgIpc) is 2.82. The smallest absolute Gasteiger partial charge is 0.305 e. The first-order valence-corrected chi connectivity index (χ1v) is 17.7. The van der Waals surface area contributed by atoms with Gasteiger partial charge >= 0.3 is 5.97 Å². The summed E-state index contributed by atoms with van der Waals surface area (Å²) < 4.78 is 12.9. The number of allylic oxidation sites excluding steroid dienone is 2. The number of rotatable bonds is 23. The van der Waals surface area contributed by atoms with Crippen LogP contribution in [0.5, 0.6) is 0 Å². The van der Waals surface area contributed by atoms with Crippen LogP contribution in [0.15, 0.2) is 12.2 Å². The van der Waals surface area contributed by atoms with E-state index in [9.17, 15) is 4.79 Å². The van der Waals surface area contributed by atoms with Crippen molar-refractivity contribution < 1.29 is 14.0 Å². The number of carbonyl (C=O) groups is 1. The molecule has 0 saturated carbocycles. The number of alkyl halides is 1. The summed E-state index contributed by atoms with van der Waals surface area (Å²) >= 11 is 2.35. The van der Waals surface area contributed by atoms with Crippen molar-refractivity contribution in [2.75, 3.05) is 11.0 Å². The van der Waals surface area contributed by atoms with Gasteiger partial charge in [-0.1, -0.05) is 114 Å². The molecule has 0 amide bonds. The molecule has 0 bridgehead atoms. The number of ether oxygens (including phenoxy) is 1. The lowest BCUT2D eigenvalue weighted by atomic mass is 10.1. The van der Waals surface area contributed by atoms with Crippen LogP contribution in [0.2, 0.25) is 18.1 Å². The van der Waals surface area contributed by atoms with E-state index < -0.39 is 8.32 Å². The number of carbonyl (C=O) groups excluding carboxylic acids is 1. The van der Waals surface area contributed by atoms with Crippen molar-refractivity contribution in [3.05, 3.63) is 12.2 Å². The summed E-state index contributed by atoms with van der Waals surface area (Å²) in [5.41, 5.74) is 0. The topological polar surface area (TPSA) is 35.5 Å². The van der Waals surface area contributed by atoms with Crippen LogP contribution in [0.25, 0.3) is 0 Å². The molecule has 0 saturated heterocycles. The number of unbranched alkanes of at least 4 members (excludes halogenated alkanes) is 11. The molecule has 0 aliphatic carbocycles. The maximum absolute atomic E-state index is 12.1. The van der Waals surface area contributed by atoms with Crippen molar-refractivity contribution in [3.8, 4) is 0 Å². The van der Waals surface area contributed by atoms with Gasteiger partial charge in [-0.3, -0.25) is 4.79 Å². The summed E-state index contributed by atoms with van der Waals surface area (Å²) in [6.07, 6.45) is 21.9. The Labute approximate surface area is 215 Å². The summed E-state index contributed by atoms with van der Waals surface area (Å²) in [5, 5.41) is 0. The van der Waals surface area contributed by atoms with Crippen molar-refractivity contribution in [2.24, 2.45) is 0 Å². The van der Waals surface area contributed by atoms with Crippen molar-refractivity contribution in [1.29, 1.82) is 0 Å². The SMILES string of the molecule is CCCCCCCC/C=C\CCCCCCCC(=O)OC[C@@H](CI)O[Si](CC)(CC)CC. The Morgan fingerprint density at radius 2 is 1.28 bits per heavy atom. The van der Waals surface area contributed by atoms with Gasteiger partial charge in [0.05, 0.1) is 6.10 Å². The Morgan fingerprint density at radius 1 is 0.781 bits per heavy atom. The monoisotopic (exact) mass is 580 g/mol. The molecule has 0 rings (SSSR count). The Balaban J connectivity index is 3.66. The summed E-state index contributed by atoms with van der Waals surface area (Å²) in [4.78, 5) is 12.1. The molecule has 0 aliphatic rings. The van der Waals surface area contributed by atoms with Gasteiger partial charge in [0.25, 0.3) is 0 Å². The third-order valence-corrected chi connectivity index (χ3v) is 12.3. The van der Waals surface area contributed by atoms with Gasteiger partial charge in [-0.25, -0.2) is 0 Å². The summed E-state index contributed by atoms with van der Waals surface area (Å²) in [6, 6.07) is 3.40. The molecule has 5 heteroatoms. The molecule has 0 spiro atoms. The second-order valence-electron chi connectivity index (χ2n) is 9.16. The predicted molar refractivity (Wildman–Crippen MR) is 151 cm³/mol. The standard InChI is InChI=1S/C27H53IO3Si/c1-5-9-10-11-12-13-14-15-16-17-18-19-20-21-22-23-27(29)30-25-26(24-28)31-32(6-2,7-3)8-4/h15-16,26H,5-14,17-25H2,1-4H3/b16-15-/t26-/m1/s1. The molecule has 0 radical (unpaired) electrons. The Morgan fingerprint density at radius 3 is 1.78 bits per heavy atom. The fourth-order valence-corrected chi connectivity index (χ4v) is 7.69. The molecule has 0 unspecified atom stereocenters. The third-order valence-electron chi connectivity index (χ3n) is 6.59. The van der Waals surface area contributed by atoms with Gasteiger partial charge in [0.2, 0.25) is 0 Å². The van der Waals surface area contributed by atoms with Gasteiger partial charge in [-0.15, -0.1) is 0 Å². The number of hydrogen-bond donors (Lipinski definition) is 0. The number of hydrogen-bond acceptors (Lipinski definition) is 3. The fraction of sp³-hybridized carbons (Fsp3) is 0.889. The highest BCUT2D eigenvalue weighted by molar-refractivity contribution is 14.1. The van der Waals surface area contributed by atoms with Gasteiger partial charge < -0.3 is 9.16 Å². The molecule has 32 heavy (non-hydrogen) atoms. The summed E-state index contributed by atoms with van der Waals surface area (Å²) in [6.45, 7) is 9.40. The van der Waals surface area contributed by atoms with E-state index in [1.54, 1.807) is 0 Å². The lowest BCUT2D eigenvalue weighted by Crippen LogP contribution is -2.42. The Kier molecular flexibility index (Phi) is 23.0. The van der Waals surface area contributed by atoms with E-state index in [1.165, 1.54) is 70.6 Å². The van der Waals surface area contributed by atoms with Crippen LogP contribution in [0.1, 0.15) is 118 Å². The predicted octanol–water partition coefficient (Wildman–Crippen LogP) is 9.39. The second kappa shape index (κ2) is 22.9. The summed E-state index contributed by atoms with van der Waals surface area (Å²) in [5.74, 6) is -0.0576. The van der Waals surface area contributed by atoms with Crippen LogP contribution >= 0.6 is 22.6 Å². The first-order valence-electron chi connectivity index (χ1n) is 13.6. The molecule has 0 fully saturated rings. The van der Waals surface area contributed by atoms with Gasteiger partial charge in [0.1, 0.15) is 6.61 Å². The zero-order valence-electron chi connectivity index (χ0n) is 21.8. The molecular weight excluding hydrogens is 527 g/mol. The molecule has 190 valence electrons. The zero-order valence-corrected chi connectivity index (χ0v) is 24.9. The van der Waals surface area contributed by atoms with E-state index in [2.05, 4.69) is 62.4 Å². The van der Waals surface area contributed by atoms with Crippen LogP contribution in [0.3, 0.4) is 0 Å². The molecule has 0 aromatic carbocycles. The first-order chi connectivity index (χ1) is 15.6. The molecular formula is C27H53IO3Si. The van der Waals surface area contributed by atoms with Crippen molar-refractivity contribution >= 4 is 36.9 Å².